The summed E-state index contributed by atoms with van der Waals surface area (Å²) >= 11 is 0. The third kappa shape index (κ3) is 4.91. The van der Waals surface area contributed by atoms with Crippen LogP contribution < -0.4 is 0 Å². The molecule has 3 unspecified atom stereocenters. The highest BCUT2D eigenvalue weighted by Gasteiger charge is 2.41. The molecule has 0 amide bonds. The van der Waals surface area contributed by atoms with Gasteiger partial charge in [-0.05, 0) is 94.7 Å². The van der Waals surface area contributed by atoms with E-state index in [0.29, 0.717) is 11.8 Å². The lowest BCUT2D eigenvalue weighted by molar-refractivity contribution is 0.618. The monoisotopic (exact) mass is 512 g/mol. The van der Waals surface area contributed by atoms with Crippen LogP contribution in [0.2, 0.25) is 0 Å². The Hall–Kier alpha value is -3.38. The molecule has 1 fully saturated rings. The van der Waals surface area contributed by atoms with Crippen molar-refractivity contribution in [3.05, 3.63) is 148 Å². The highest BCUT2D eigenvalue weighted by Crippen LogP contribution is 2.55. The zero-order valence-electron chi connectivity index (χ0n) is 24.4. The van der Waals surface area contributed by atoms with Crippen molar-refractivity contribution in [1.29, 1.82) is 0 Å². The number of rotatable bonds is 9. The molecular formula is C39H44. The summed E-state index contributed by atoms with van der Waals surface area (Å²) in [5.41, 5.74) is 16.8. The molecule has 5 rings (SSSR count). The lowest BCUT2D eigenvalue weighted by Crippen LogP contribution is -2.21. The largest absolute Gasteiger partial charge is 0.103 e. The molecule has 3 aliphatic rings. The second-order valence-corrected chi connectivity index (χ2v) is 11.6. The Morgan fingerprint density at radius 1 is 1.00 bits per heavy atom. The Morgan fingerprint density at radius 3 is 2.49 bits per heavy atom. The highest BCUT2D eigenvalue weighted by molar-refractivity contribution is 5.83. The molecule has 0 heteroatoms. The first-order valence-electron chi connectivity index (χ1n) is 14.9. The van der Waals surface area contributed by atoms with Crippen LogP contribution in [0.25, 0.3) is 5.57 Å². The van der Waals surface area contributed by atoms with Gasteiger partial charge in [-0.15, -0.1) is 6.58 Å². The minimum atomic E-state index is 0.275. The minimum Gasteiger partial charge on any atom is -0.103 e. The first-order chi connectivity index (χ1) is 18.9. The maximum atomic E-state index is 4.79. The van der Waals surface area contributed by atoms with Crippen LogP contribution in [-0.2, 0) is 12.8 Å². The van der Waals surface area contributed by atoms with E-state index in [9.17, 15) is 0 Å². The van der Waals surface area contributed by atoms with Crippen molar-refractivity contribution in [2.45, 2.75) is 78.1 Å². The molecule has 0 N–H and O–H groups in total. The highest BCUT2D eigenvalue weighted by atomic mass is 14.4. The van der Waals surface area contributed by atoms with Crippen molar-refractivity contribution in [2.24, 2.45) is 5.92 Å². The van der Waals surface area contributed by atoms with E-state index >= 15 is 0 Å². The fourth-order valence-electron chi connectivity index (χ4n) is 7.31. The lowest BCUT2D eigenvalue weighted by atomic mass is 9.68. The summed E-state index contributed by atoms with van der Waals surface area (Å²) in [5, 5.41) is 0. The van der Waals surface area contributed by atoms with Gasteiger partial charge in [-0.25, -0.2) is 0 Å². The van der Waals surface area contributed by atoms with Gasteiger partial charge in [0.15, 0.2) is 0 Å². The van der Waals surface area contributed by atoms with Crippen LogP contribution in [0.4, 0.5) is 0 Å². The smallest absolute Gasteiger partial charge is 0.0201 e. The predicted octanol–water partition coefficient (Wildman–Crippen LogP) is 10.8. The molecule has 0 saturated heterocycles. The van der Waals surface area contributed by atoms with Gasteiger partial charge in [0.1, 0.15) is 0 Å². The normalized spacial score (nSPS) is 23.0. The van der Waals surface area contributed by atoms with E-state index in [1.807, 2.05) is 6.08 Å². The van der Waals surface area contributed by atoms with Crippen LogP contribution in [0.5, 0.6) is 0 Å². The topological polar surface area (TPSA) is 0 Å². The Morgan fingerprint density at radius 2 is 1.77 bits per heavy atom. The molecule has 0 bridgehead atoms. The molecular weight excluding hydrogens is 468 g/mol. The maximum absolute atomic E-state index is 4.79. The van der Waals surface area contributed by atoms with Crippen molar-refractivity contribution < 1.29 is 0 Å². The summed E-state index contributed by atoms with van der Waals surface area (Å²) in [4.78, 5) is 0. The molecule has 3 aliphatic carbocycles. The molecule has 39 heavy (non-hydrogen) atoms. The third-order valence-electron chi connectivity index (χ3n) is 9.14. The molecule has 200 valence electrons. The number of allylic oxidation sites excluding steroid dienone is 11. The van der Waals surface area contributed by atoms with E-state index in [4.69, 9.17) is 6.58 Å². The van der Waals surface area contributed by atoms with E-state index in [2.05, 4.69) is 102 Å². The summed E-state index contributed by atoms with van der Waals surface area (Å²) in [6.45, 7) is 22.5. The van der Waals surface area contributed by atoms with Gasteiger partial charge in [-0.3, -0.25) is 0 Å². The van der Waals surface area contributed by atoms with Gasteiger partial charge in [0.05, 0.1) is 0 Å². The van der Waals surface area contributed by atoms with E-state index in [-0.39, 0.29) is 5.92 Å². The average Bonchev–Trinajstić information content (AvgIpc) is 3.44. The molecule has 0 nitrogen and oxygen atoms in total. The molecule has 2 aromatic carbocycles. The van der Waals surface area contributed by atoms with Crippen LogP contribution >= 0.6 is 0 Å². The fourth-order valence-corrected chi connectivity index (χ4v) is 7.31. The summed E-state index contributed by atoms with van der Waals surface area (Å²) in [5.74, 6) is 0.978. The second kappa shape index (κ2) is 11.4. The van der Waals surface area contributed by atoms with Gasteiger partial charge in [0.25, 0.3) is 0 Å². The summed E-state index contributed by atoms with van der Waals surface area (Å²) in [6, 6.07) is 16.1. The Bertz CT molecular complexity index is 1450. The molecule has 0 aliphatic heterocycles. The summed E-state index contributed by atoms with van der Waals surface area (Å²) in [6.07, 6.45) is 15.6. The standard InChI is InChI=1S/C39H44/c1-8-14-25(5)37-26(6)20-34-24-32(23-33-22-30(15-9-2)35-16-12-13-17-36(33)35)27(7)38(34)39(37)31-19-18-28(10-3)29(11-4)21-31/h9,12-13,16-23,30,38-39H,2,5,7-8,10-11,14-15,24H2,1,3-4,6H3/b32-23+. The van der Waals surface area contributed by atoms with Crippen LogP contribution in [0.15, 0.2) is 120 Å². The predicted molar refractivity (Wildman–Crippen MR) is 170 cm³/mol. The van der Waals surface area contributed by atoms with Gasteiger partial charge < -0.3 is 0 Å². The summed E-state index contributed by atoms with van der Waals surface area (Å²) in [7, 11) is 0. The zero-order valence-corrected chi connectivity index (χ0v) is 24.4. The third-order valence-corrected chi connectivity index (χ3v) is 9.14. The van der Waals surface area contributed by atoms with E-state index in [1.165, 1.54) is 66.8 Å². The average molecular weight is 513 g/mol. The summed E-state index contributed by atoms with van der Waals surface area (Å²) < 4.78 is 0. The van der Waals surface area contributed by atoms with Crippen molar-refractivity contribution >= 4 is 5.57 Å². The number of aryl methyl sites for hydroxylation is 2. The SMILES string of the molecule is C=CCC1C=C(/C=C2\CC3=CC(C)=C(C(=C)CCC)C(c4ccc(CC)c(CC)c4)C3C2=C)c2ccccc21. The van der Waals surface area contributed by atoms with Crippen molar-refractivity contribution in [1.82, 2.24) is 0 Å². The Balaban J connectivity index is 1.59. The molecule has 2 aromatic rings. The molecule has 1 saturated carbocycles. The second-order valence-electron chi connectivity index (χ2n) is 11.6. The van der Waals surface area contributed by atoms with Gasteiger partial charge in [-0.1, -0.05) is 118 Å². The van der Waals surface area contributed by atoms with Gasteiger partial charge >= 0.3 is 0 Å². The maximum Gasteiger partial charge on any atom is 0.0201 e. The van der Waals surface area contributed by atoms with Gasteiger partial charge in [-0.2, -0.15) is 0 Å². The zero-order chi connectivity index (χ0) is 27.7. The number of benzene rings is 2. The van der Waals surface area contributed by atoms with Crippen LogP contribution in [0.1, 0.15) is 93.0 Å². The number of fused-ring (bicyclic) bond motifs is 2. The van der Waals surface area contributed by atoms with Crippen LogP contribution in [0.3, 0.4) is 0 Å². The molecule has 0 aromatic heterocycles. The Labute approximate surface area is 236 Å². The van der Waals surface area contributed by atoms with E-state index in [0.717, 1.165) is 38.5 Å². The van der Waals surface area contributed by atoms with Crippen molar-refractivity contribution in [2.75, 3.05) is 0 Å². The quantitative estimate of drug-likeness (QED) is 0.293. The fraction of sp³-hybridized carbons (Fsp3) is 0.333. The lowest BCUT2D eigenvalue weighted by Gasteiger charge is -2.35. The Kier molecular flexibility index (Phi) is 7.94. The van der Waals surface area contributed by atoms with Crippen LogP contribution in [0, 0.1) is 5.92 Å². The van der Waals surface area contributed by atoms with Crippen LogP contribution in [-0.4, -0.2) is 0 Å². The number of hydrogen-bond donors (Lipinski definition) is 0. The first kappa shape index (κ1) is 27.2. The minimum absolute atomic E-state index is 0.275. The number of hydrogen-bond acceptors (Lipinski definition) is 0. The van der Waals surface area contributed by atoms with Crippen molar-refractivity contribution in [3.8, 4) is 0 Å². The molecule has 0 spiro atoms. The van der Waals surface area contributed by atoms with Gasteiger partial charge in [0, 0.05) is 17.8 Å². The molecule has 0 heterocycles. The molecule has 3 atom stereocenters. The first-order valence-corrected chi connectivity index (χ1v) is 14.9. The molecule has 0 radical (unpaired) electrons. The van der Waals surface area contributed by atoms with Gasteiger partial charge in [0.2, 0.25) is 0 Å². The van der Waals surface area contributed by atoms with E-state index in [1.54, 1.807) is 0 Å². The van der Waals surface area contributed by atoms with Crippen molar-refractivity contribution in [3.63, 3.8) is 0 Å². The van der Waals surface area contributed by atoms with E-state index < -0.39 is 0 Å².